The van der Waals surface area contributed by atoms with E-state index in [1.807, 2.05) is 20.8 Å². The summed E-state index contributed by atoms with van der Waals surface area (Å²) in [6, 6.07) is 11.6. The summed E-state index contributed by atoms with van der Waals surface area (Å²) in [5, 5.41) is 2.84. The average molecular weight is 404 g/mol. The van der Waals surface area contributed by atoms with Crippen LogP contribution in [0.3, 0.4) is 0 Å². The molecule has 2 aromatic carbocycles. The number of sulfonamides is 1. The highest BCUT2D eigenvalue weighted by Gasteiger charge is 2.17. The maximum atomic E-state index is 12.5. The molecule has 0 fully saturated rings. The molecule has 0 aliphatic rings. The SMILES string of the molecule is CCOC(=O)c1ccc(S(=O)(=O)Nc2ccc(C(=O)NC(C)(C)C)cc2)cc1. The Morgan fingerprint density at radius 1 is 0.929 bits per heavy atom. The summed E-state index contributed by atoms with van der Waals surface area (Å²) in [7, 11) is -3.83. The summed E-state index contributed by atoms with van der Waals surface area (Å²) in [6.45, 7) is 7.56. The van der Waals surface area contributed by atoms with E-state index in [-0.39, 0.29) is 28.5 Å². The maximum Gasteiger partial charge on any atom is 0.338 e. The van der Waals surface area contributed by atoms with Crippen molar-refractivity contribution in [1.82, 2.24) is 5.32 Å². The number of ether oxygens (including phenoxy) is 1. The lowest BCUT2D eigenvalue weighted by atomic mass is 10.1. The van der Waals surface area contributed by atoms with Crippen LogP contribution in [-0.4, -0.2) is 32.4 Å². The monoisotopic (exact) mass is 404 g/mol. The van der Waals surface area contributed by atoms with Gasteiger partial charge in [0.2, 0.25) is 0 Å². The van der Waals surface area contributed by atoms with Crippen molar-refractivity contribution in [2.45, 2.75) is 38.1 Å². The van der Waals surface area contributed by atoms with E-state index in [2.05, 4.69) is 10.0 Å². The van der Waals surface area contributed by atoms with E-state index in [9.17, 15) is 18.0 Å². The zero-order valence-electron chi connectivity index (χ0n) is 16.3. The number of anilines is 1. The van der Waals surface area contributed by atoms with Crippen LogP contribution in [-0.2, 0) is 14.8 Å². The van der Waals surface area contributed by atoms with Gasteiger partial charge in [-0.2, -0.15) is 0 Å². The van der Waals surface area contributed by atoms with E-state index in [0.717, 1.165) is 0 Å². The second-order valence-electron chi connectivity index (χ2n) is 7.13. The molecule has 0 saturated carbocycles. The van der Waals surface area contributed by atoms with Crippen molar-refractivity contribution in [3.63, 3.8) is 0 Å². The van der Waals surface area contributed by atoms with Crippen LogP contribution in [0.15, 0.2) is 53.4 Å². The third kappa shape index (κ3) is 5.82. The van der Waals surface area contributed by atoms with Crippen molar-refractivity contribution in [2.24, 2.45) is 0 Å². The molecular formula is C20H24N2O5S. The summed E-state index contributed by atoms with van der Waals surface area (Å²) in [5.74, 6) is -0.750. The standard InChI is InChI=1S/C20H24N2O5S/c1-5-27-19(24)15-8-12-17(13-9-15)28(25,26)22-16-10-6-14(7-11-16)18(23)21-20(2,3)4/h6-13,22H,5H2,1-4H3,(H,21,23). The molecule has 0 bridgehead atoms. The van der Waals surface area contributed by atoms with E-state index in [1.54, 1.807) is 19.1 Å². The predicted molar refractivity (Wildman–Crippen MR) is 107 cm³/mol. The number of amides is 1. The molecule has 1 amide bonds. The third-order valence-electron chi connectivity index (χ3n) is 3.56. The van der Waals surface area contributed by atoms with Crippen LogP contribution in [0.1, 0.15) is 48.4 Å². The van der Waals surface area contributed by atoms with E-state index in [0.29, 0.717) is 11.3 Å². The first-order valence-corrected chi connectivity index (χ1v) is 10.2. The Labute approximate surface area is 165 Å². The highest BCUT2D eigenvalue weighted by atomic mass is 32.2. The molecule has 0 aromatic heterocycles. The second kappa shape index (κ2) is 8.43. The van der Waals surface area contributed by atoms with Gasteiger partial charge in [-0.05, 0) is 76.2 Å². The molecule has 0 saturated heterocycles. The van der Waals surface area contributed by atoms with Crippen molar-refractivity contribution in [1.29, 1.82) is 0 Å². The molecule has 7 nitrogen and oxygen atoms in total. The Kier molecular flexibility index (Phi) is 6.45. The number of carbonyl (C=O) groups is 2. The van der Waals surface area contributed by atoms with Gasteiger partial charge < -0.3 is 10.1 Å². The first-order chi connectivity index (χ1) is 13.0. The van der Waals surface area contributed by atoms with Gasteiger partial charge in [0.25, 0.3) is 15.9 Å². The van der Waals surface area contributed by atoms with Crippen molar-refractivity contribution < 1.29 is 22.7 Å². The van der Waals surface area contributed by atoms with Gasteiger partial charge in [0, 0.05) is 16.8 Å². The Morgan fingerprint density at radius 2 is 1.46 bits per heavy atom. The zero-order valence-corrected chi connectivity index (χ0v) is 17.1. The smallest absolute Gasteiger partial charge is 0.338 e. The van der Waals surface area contributed by atoms with Crippen LogP contribution in [0.5, 0.6) is 0 Å². The van der Waals surface area contributed by atoms with Gasteiger partial charge >= 0.3 is 5.97 Å². The normalized spacial score (nSPS) is 11.6. The van der Waals surface area contributed by atoms with E-state index in [4.69, 9.17) is 4.74 Å². The summed E-state index contributed by atoms with van der Waals surface area (Å²) < 4.78 is 32.3. The minimum absolute atomic E-state index is 0.00935. The molecule has 0 atom stereocenters. The number of rotatable bonds is 6. The number of esters is 1. The fourth-order valence-corrected chi connectivity index (χ4v) is 3.36. The van der Waals surface area contributed by atoms with Crippen LogP contribution >= 0.6 is 0 Å². The van der Waals surface area contributed by atoms with E-state index < -0.39 is 16.0 Å². The minimum Gasteiger partial charge on any atom is -0.462 e. The quantitative estimate of drug-likeness (QED) is 0.720. The third-order valence-corrected chi connectivity index (χ3v) is 4.96. The van der Waals surface area contributed by atoms with Gasteiger partial charge in [-0.3, -0.25) is 9.52 Å². The molecule has 0 unspecified atom stereocenters. The fourth-order valence-electron chi connectivity index (χ4n) is 2.30. The van der Waals surface area contributed by atoms with Gasteiger partial charge in [-0.1, -0.05) is 0 Å². The van der Waals surface area contributed by atoms with Crippen LogP contribution in [0.4, 0.5) is 5.69 Å². The molecule has 28 heavy (non-hydrogen) atoms. The van der Waals surface area contributed by atoms with Crippen LogP contribution in [0, 0.1) is 0 Å². The molecule has 0 aliphatic heterocycles. The van der Waals surface area contributed by atoms with Crippen LogP contribution in [0.2, 0.25) is 0 Å². The van der Waals surface area contributed by atoms with E-state index >= 15 is 0 Å². The number of hydrogen-bond acceptors (Lipinski definition) is 5. The molecule has 2 N–H and O–H groups in total. The van der Waals surface area contributed by atoms with E-state index in [1.165, 1.54) is 36.4 Å². The van der Waals surface area contributed by atoms with Gasteiger partial charge in [0.15, 0.2) is 0 Å². The first kappa shape index (κ1) is 21.4. The lowest BCUT2D eigenvalue weighted by molar-refractivity contribution is 0.0526. The number of benzene rings is 2. The molecular weight excluding hydrogens is 380 g/mol. The Morgan fingerprint density at radius 3 is 1.96 bits per heavy atom. The Bertz CT molecular complexity index is 944. The zero-order chi connectivity index (χ0) is 20.9. The minimum atomic E-state index is -3.83. The lowest BCUT2D eigenvalue weighted by Crippen LogP contribution is -2.40. The second-order valence-corrected chi connectivity index (χ2v) is 8.81. The summed E-state index contributed by atoms with van der Waals surface area (Å²) >= 11 is 0. The molecule has 2 rings (SSSR count). The molecule has 2 aromatic rings. The molecule has 0 spiro atoms. The number of nitrogens with one attached hydrogen (secondary N) is 2. The maximum absolute atomic E-state index is 12.5. The van der Waals surface area contributed by atoms with Crippen molar-refractivity contribution >= 4 is 27.6 Å². The molecule has 8 heteroatoms. The van der Waals surface area contributed by atoms with Gasteiger partial charge in [-0.25, -0.2) is 13.2 Å². The predicted octanol–water partition coefficient (Wildman–Crippen LogP) is 3.19. The highest BCUT2D eigenvalue weighted by Crippen LogP contribution is 2.18. The topological polar surface area (TPSA) is 102 Å². The number of carbonyl (C=O) groups excluding carboxylic acids is 2. The summed E-state index contributed by atoms with van der Waals surface area (Å²) in [6.07, 6.45) is 0. The lowest BCUT2D eigenvalue weighted by Gasteiger charge is -2.20. The van der Waals surface area contributed by atoms with Crippen LogP contribution in [0.25, 0.3) is 0 Å². The fraction of sp³-hybridized carbons (Fsp3) is 0.300. The van der Waals surface area contributed by atoms with Crippen LogP contribution < -0.4 is 10.0 Å². The first-order valence-electron chi connectivity index (χ1n) is 8.74. The Hall–Kier alpha value is -2.87. The molecule has 0 aliphatic carbocycles. The van der Waals surface area contributed by atoms with Gasteiger partial charge in [-0.15, -0.1) is 0 Å². The van der Waals surface area contributed by atoms with Gasteiger partial charge in [0.05, 0.1) is 17.1 Å². The number of hydrogen-bond donors (Lipinski definition) is 2. The van der Waals surface area contributed by atoms with Crippen molar-refractivity contribution in [3.8, 4) is 0 Å². The summed E-state index contributed by atoms with van der Waals surface area (Å²) in [4.78, 5) is 23.8. The molecule has 150 valence electrons. The molecule has 0 heterocycles. The summed E-state index contributed by atoms with van der Waals surface area (Å²) in [5.41, 5.74) is 0.654. The Balaban J connectivity index is 2.11. The van der Waals surface area contributed by atoms with Crippen molar-refractivity contribution in [2.75, 3.05) is 11.3 Å². The van der Waals surface area contributed by atoms with Gasteiger partial charge in [0.1, 0.15) is 0 Å². The molecule has 0 radical (unpaired) electrons. The van der Waals surface area contributed by atoms with Crippen molar-refractivity contribution in [3.05, 3.63) is 59.7 Å². The average Bonchev–Trinajstić information content (AvgIpc) is 2.61. The largest absolute Gasteiger partial charge is 0.462 e. The highest BCUT2D eigenvalue weighted by molar-refractivity contribution is 7.92.